The Labute approximate surface area is 150 Å². The number of aliphatic hydroxyl groups is 1. The molecule has 7 nitrogen and oxygen atoms in total. The van der Waals surface area contributed by atoms with Crippen molar-refractivity contribution < 1.29 is 23.9 Å². The van der Waals surface area contributed by atoms with Crippen molar-refractivity contribution in [1.29, 1.82) is 0 Å². The molecular weight excluding hydrogens is 341 g/mol. The van der Waals surface area contributed by atoms with Gasteiger partial charge in [-0.3, -0.25) is 19.7 Å². The molecule has 3 amide bonds. The highest BCUT2D eigenvalue weighted by Crippen LogP contribution is 2.26. The van der Waals surface area contributed by atoms with Crippen LogP contribution in [0.1, 0.15) is 36.0 Å². The van der Waals surface area contributed by atoms with E-state index in [1.807, 2.05) is 4.90 Å². The van der Waals surface area contributed by atoms with Crippen LogP contribution in [0.15, 0.2) is 18.2 Å². The Balaban J connectivity index is 1.64. The van der Waals surface area contributed by atoms with Gasteiger partial charge in [0.1, 0.15) is 11.9 Å². The van der Waals surface area contributed by atoms with Gasteiger partial charge >= 0.3 is 0 Å². The van der Waals surface area contributed by atoms with Crippen LogP contribution in [0.2, 0.25) is 0 Å². The topological polar surface area (TPSA) is 98.7 Å². The molecule has 8 heteroatoms. The third-order valence-electron chi connectivity index (χ3n) is 4.97. The summed E-state index contributed by atoms with van der Waals surface area (Å²) in [7, 11) is 0. The molecule has 0 aliphatic carbocycles. The van der Waals surface area contributed by atoms with Crippen molar-refractivity contribution in [2.45, 2.75) is 31.7 Å². The molecule has 2 fully saturated rings. The Morgan fingerprint density at radius 2 is 2.00 bits per heavy atom. The predicted molar refractivity (Wildman–Crippen MR) is 92.1 cm³/mol. The summed E-state index contributed by atoms with van der Waals surface area (Å²) in [5, 5.41) is 13.9. The Morgan fingerprint density at radius 1 is 1.27 bits per heavy atom. The summed E-state index contributed by atoms with van der Waals surface area (Å²) in [6.07, 6.45) is 1.99. The lowest BCUT2D eigenvalue weighted by molar-refractivity contribution is -0.134. The molecule has 0 bridgehead atoms. The highest BCUT2D eigenvalue weighted by Gasteiger charge is 2.28. The normalized spacial score (nSPS) is 21.5. The average molecular weight is 363 g/mol. The second-order valence-corrected chi connectivity index (χ2v) is 6.76. The quantitative estimate of drug-likeness (QED) is 0.680. The molecule has 2 saturated heterocycles. The van der Waals surface area contributed by atoms with Crippen LogP contribution in [0.5, 0.6) is 0 Å². The number of nitrogens with zero attached hydrogens (tertiary/aromatic N) is 1. The molecule has 3 N–H and O–H groups in total. The van der Waals surface area contributed by atoms with Crippen LogP contribution in [0.25, 0.3) is 0 Å². The fourth-order valence-electron chi connectivity index (χ4n) is 3.33. The third-order valence-corrected chi connectivity index (χ3v) is 4.97. The maximum atomic E-state index is 14.5. The summed E-state index contributed by atoms with van der Waals surface area (Å²) >= 11 is 0. The van der Waals surface area contributed by atoms with E-state index in [1.54, 1.807) is 6.07 Å². The molecule has 0 saturated carbocycles. The van der Waals surface area contributed by atoms with E-state index in [1.165, 1.54) is 6.07 Å². The van der Waals surface area contributed by atoms with Gasteiger partial charge in [0, 0.05) is 31.7 Å². The van der Waals surface area contributed by atoms with Crippen molar-refractivity contribution in [2.75, 3.05) is 24.6 Å². The minimum absolute atomic E-state index is 0.126. The van der Waals surface area contributed by atoms with Crippen molar-refractivity contribution in [3.05, 3.63) is 29.6 Å². The first-order chi connectivity index (χ1) is 12.5. The number of anilines is 1. The van der Waals surface area contributed by atoms with Crippen LogP contribution < -0.4 is 15.5 Å². The molecule has 2 aliphatic rings. The van der Waals surface area contributed by atoms with Gasteiger partial charge < -0.3 is 15.3 Å². The number of carbonyl (C=O) groups excluding carboxylic acids is 3. The number of carbonyl (C=O) groups is 3. The summed E-state index contributed by atoms with van der Waals surface area (Å²) in [5.41, 5.74) is 0.556. The molecule has 3 rings (SSSR count). The number of halogens is 1. The van der Waals surface area contributed by atoms with Gasteiger partial charge in [0.2, 0.25) is 11.8 Å². The fourth-order valence-corrected chi connectivity index (χ4v) is 3.33. The minimum atomic E-state index is -0.791. The van der Waals surface area contributed by atoms with Gasteiger partial charge in [-0.05, 0) is 43.4 Å². The van der Waals surface area contributed by atoms with Gasteiger partial charge in [-0.2, -0.15) is 0 Å². The molecule has 26 heavy (non-hydrogen) atoms. The molecule has 0 spiro atoms. The SMILES string of the molecule is O=C1CCC(NC(=O)c2ccc(N3CCC(CO)CC3)c(F)c2)C(=O)N1. The largest absolute Gasteiger partial charge is 0.396 e. The number of nitrogens with one attached hydrogen (secondary N) is 2. The van der Waals surface area contributed by atoms with Crippen molar-refractivity contribution in [3.8, 4) is 0 Å². The molecule has 0 radical (unpaired) electrons. The maximum absolute atomic E-state index is 14.5. The smallest absolute Gasteiger partial charge is 0.252 e. The molecule has 2 heterocycles. The minimum Gasteiger partial charge on any atom is -0.396 e. The predicted octanol–water partition coefficient (Wildman–Crippen LogP) is 0.569. The lowest BCUT2D eigenvalue weighted by Crippen LogP contribution is -2.52. The van der Waals surface area contributed by atoms with Gasteiger partial charge in [-0.1, -0.05) is 0 Å². The Hall–Kier alpha value is -2.48. The zero-order chi connectivity index (χ0) is 18.7. The first-order valence-corrected chi connectivity index (χ1v) is 8.78. The first kappa shape index (κ1) is 18.3. The van der Waals surface area contributed by atoms with Crippen LogP contribution in [0, 0.1) is 11.7 Å². The Kier molecular flexibility index (Phi) is 5.51. The summed E-state index contributed by atoms with van der Waals surface area (Å²) in [6.45, 7) is 1.46. The first-order valence-electron chi connectivity index (χ1n) is 8.78. The van der Waals surface area contributed by atoms with Gasteiger partial charge in [0.05, 0.1) is 5.69 Å². The zero-order valence-electron chi connectivity index (χ0n) is 14.3. The summed E-state index contributed by atoms with van der Waals surface area (Å²) in [5.74, 6) is -1.69. The number of amides is 3. The summed E-state index contributed by atoms with van der Waals surface area (Å²) in [4.78, 5) is 37.0. The monoisotopic (exact) mass is 363 g/mol. The van der Waals surface area contributed by atoms with Crippen molar-refractivity contribution in [1.82, 2.24) is 10.6 Å². The second kappa shape index (κ2) is 7.82. The molecule has 1 aromatic rings. The second-order valence-electron chi connectivity index (χ2n) is 6.76. The maximum Gasteiger partial charge on any atom is 0.252 e. The lowest BCUT2D eigenvalue weighted by atomic mass is 9.97. The zero-order valence-corrected chi connectivity index (χ0v) is 14.3. The summed E-state index contributed by atoms with van der Waals surface area (Å²) in [6, 6.07) is 3.46. The van der Waals surface area contributed by atoms with Gasteiger partial charge in [0.25, 0.3) is 5.91 Å². The molecule has 1 aromatic carbocycles. The van der Waals surface area contributed by atoms with Gasteiger partial charge in [-0.25, -0.2) is 4.39 Å². The lowest BCUT2D eigenvalue weighted by Gasteiger charge is -2.33. The van der Waals surface area contributed by atoms with E-state index in [4.69, 9.17) is 0 Å². The van der Waals surface area contributed by atoms with E-state index in [0.717, 1.165) is 18.9 Å². The number of piperidine rings is 2. The van der Waals surface area contributed by atoms with E-state index in [2.05, 4.69) is 10.6 Å². The van der Waals surface area contributed by atoms with E-state index in [-0.39, 0.29) is 36.8 Å². The van der Waals surface area contributed by atoms with E-state index in [0.29, 0.717) is 18.8 Å². The van der Waals surface area contributed by atoms with Crippen LogP contribution in [-0.4, -0.2) is 48.6 Å². The fraction of sp³-hybridized carbons (Fsp3) is 0.500. The molecule has 1 atom stereocenters. The van der Waals surface area contributed by atoms with Crippen molar-refractivity contribution in [2.24, 2.45) is 5.92 Å². The number of aliphatic hydroxyl groups excluding tert-OH is 1. The standard InChI is InChI=1S/C18H22FN3O4/c19-13-9-12(17(25)20-14-2-4-16(24)21-18(14)26)1-3-15(13)22-7-5-11(10-23)6-8-22/h1,3,9,11,14,23H,2,4-8,10H2,(H,20,25)(H,21,24,26). The average Bonchev–Trinajstić information content (AvgIpc) is 2.64. The molecule has 0 aromatic heterocycles. The van der Waals surface area contributed by atoms with Gasteiger partial charge in [0.15, 0.2) is 0 Å². The number of hydrogen-bond acceptors (Lipinski definition) is 5. The van der Waals surface area contributed by atoms with Crippen LogP contribution in [0.4, 0.5) is 10.1 Å². The highest BCUT2D eigenvalue weighted by atomic mass is 19.1. The number of benzene rings is 1. The van der Waals surface area contributed by atoms with Crippen LogP contribution >= 0.6 is 0 Å². The summed E-state index contributed by atoms with van der Waals surface area (Å²) < 4.78 is 14.5. The Morgan fingerprint density at radius 3 is 2.62 bits per heavy atom. The molecular formula is C18H22FN3O4. The number of imide groups is 1. The molecule has 140 valence electrons. The molecule has 2 aliphatic heterocycles. The van der Waals surface area contributed by atoms with E-state index < -0.39 is 23.7 Å². The van der Waals surface area contributed by atoms with Crippen LogP contribution in [0.3, 0.4) is 0 Å². The van der Waals surface area contributed by atoms with Gasteiger partial charge in [-0.15, -0.1) is 0 Å². The third kappa shape index (κ3) is 4.01. The van der Waals surface area contributed by atoms with E-state index in [9.17, 15) is 23.9 Å². The highest BCUT2D eigenvalue weighted by molar-refractivity contribution is 6.03. The van der Waals surface area contributed by atoms with Crippen molar-refractivity contribution in [3.63, 3.8) is 0 Å². The molecule has 1 unspecified atom stereocenters. The van der Waals surface area contributed by atoms with Crippen molar-refractivity contribution >= 4 is 23.4 Å². The van der Waals surface area contributed by atoms with Crippen LogP contribution in [-0.2, 0) is 9.59 Å². The van der Waals surface area contributed by atoms with E-state index >= 15 is 0 Å². The number of hydrogen-bond donors (Lipinski definition) is 3. The number of rotatable bonds is 4. The Bertz CT molecular complexity index is 716.